The van der Waals surface area contributed by atoms with Crippen LogP contribution in [0.15, 0.2) is 48.5 Å². The predicted molar refractivity (Wildman–Crippen MR) is 113 cm³/mol. The third kappa shape index (κ3) is 4.07. The fourth-order valence-electron chi connectivity index (χ4n) is 4.27. The van der Waals surface area contributed by atoms with Gasteiger partial charge in [0.1, 0.15) is 5.82 Å². The number of nitrogens with two attached hydrogens (primary N) is 1. The molecule has 2 N–H and O–H groups in total. The highest BCUT2D eigenvalue weighted by atomic mass is 15.1. The average Bonchev–Trinajstić information content (AvgIpc) is 3.05. The Balaban J connectivity index is 1.65. The van der Waals surface area contributed by atoms with Crippen molar-refractivity contribution in [2.24, 2.45) is 11.7 Å². The Morgan fingerprint density at radius 1 is 1.15 bits per heavy atom. The molecule has 1 aliphatic heterocycles. The first-order valence-electron chi connectivity index (χ1n) is 10.2. The Hall–Kier alpha value is -2.17. The van der Waals surface area contributed by atoms with Gasteiger partial charge in [-0.25, -0.2) is 4.98 Å². The molecular formula is C23H30N4. The van der Waals surface area contributed by atoms with Crippen LogP contribution in [0.2, 0.25) is 0 Å². The van der Waals surface area contributed by atoms with Gasteiger partial charge in [-0.1, -0.05) is 37.3 Å². The maximum absolute atomic E-state index is 5.78. The highest BCUT2D eigenvalue weighted by Crippen LogP contribution is 2.27. The number of hydrogen-bond donors (Lipinski definition) is 1. The second-order valence-corrected chi connectivity index (χ2v) is 7.90. The van der Waals surface area contributed by atoms with Crippen LogP contribution in [-0.4, -0.2) is 34.1 Å². The first-order valence-corrected chi connectivity index (χ1v) is 10.2. The highest BCUT2D eigenvalue weighted by Gasteiger charge is 2.17. The summed E-state index contributed by atoms with van der Waals surface area (Å²) in [5.74, 6) is 1.86. The quantitative estimate of drug-likeness (QED) is 0.712. The summed E-state index contributed by atoms with van der Waals surface area (Å²) in [4.78, 5) is 7.53. The largest absolute Gasteiger partial charge is 0.330 e. The minimum absolute atomic E-state index is 0.694. The molecule has 142 valence electrons. The number of piperidine rings is 1. The van der Waals surface area contributed by atoms with Gasteiger partial charge in [0, 0.05) is 25.2 Å². The van der Waals surface area contributed by atoms with Gasteiger partial charge in [0.2, 0.25) is 0 Å². The zero-order valence-corrected chi connectivity index (χ0v) is 16.3. The molecule has 4 rings (SSSR count). The van der Waals surface area contributed by atoms with Crippen LogP contribution in [0.25, 0.3) is 22.4 Å². The van der Waals surface area contributed by atoms with E-state index < -0.39 is 0 Å². The van der Waals surface area contributed by atoms with Crippen molar-refractivity contribution in [3.05, 3.63) is 54.1 Å². The zero-order chi connectivity index (χ0) is 18.6. The van der Waals surface area contributed by atoms with E-state index in [2.05, 4.69) is 64.9 Å². The van der Waals surface area contributed by atoms with E-state index in [-0.39, 0.29) is 0 Å². The smallest absolute Gasteiger partial charge is 0.141 e. The van der Waals surface area contributed by atoms with Crippen LogP contribution in [0.5, 0.6) is 0 Å². The molecule has 0 amide bonds. The molecule has 27 heavy (non-hydrogen) atoms. The molecule has 1 atom stereocenters. The Kier molecular flexibility index (Phi) is 5.55. The molecule has 1 unspecified atom stereocenters. The molecule has 0 saturated carbocycles. The Labute approximate surface area is 162 Å². The Bertz CT molecular complexity index is 898. The lowest BCUT2D eigenvalue weighted by Gasteiger charge is -2.30. The van der Waals surface area contributed by atoms with Crippen LogP contribution >= 0.6 is 0 Å². The molecule has 0 spiro atoms. The van der Waals surface area contributed by atoms with Crippen molar-refractivity contribution in [2.45, 2.75) is 39.3 Å². The number of aromatic nitrogens is 2. The zero-order valence-electron chi connectivity index (χ0n) is 16.3. The highest BCUT2D eigenvalue weighted by molar-refractivity contribution is 5.80. The van der Waals surface area contributed by atoms with Crippen molar-refractivity contribution in [2.75, 3.05) is 19.6 Å². The van der Waals surface area contributed by atoms with E-state index in [1.54, 1.807) is 0 Å². The minimum Gasteiger partial charge on any atom is -0.330 e. The topological polar surface area (TPSA) is 47.1 Å². The monoisotopic (exact) mass is 362 g/mol. The standard InChI is InChI=1S/C23H30N4/c1-18-7-5-13-26(16-18)17-19-8-4-9-20(15-19)23-25-21-10-2-3-11-22(21)27(23)14-6-12-24/h2-4,8-11,15,18H,5-7,12-14,16-17,24H2,1H3. The molecule has 4 heteroatoms. The summed E-state index contributed by atoms with van der Waals surface area (Å²) in [6.45, 7) is 7.41. The summed E-state index contributed by atoms with van der Waals surface area (Å²) in [6, 6.07) is 17.3. The molecule has 2 heterocycles. The van der Waals surface area contributed by atoms with Gasteiger partial charge in [0.05, 0.1) is 11.0 Å². The molecule has 3 aromatic rings. The van der Waals surface area contributed by atoms with Gasteiger partial charge in [0.25, 0.3) is 0 Å². The Morgan fingerprint density at radius 3 is 2.89 bits per heavy atom. The SMILES string of the molecule is CC1CCCN(Cc2cccc(-c3nc4ccccc4n3CCCN)c2)C1. The summed E-state index contributed by atoms with van der Waals surface area (Å²) in [6.07, 6.45) is 3.64. The molecule has 0 aliphatic carbocycles. The maximum atomic E-state index is 5.78. The molecule has 0 bridgehead atoms. The summed E-state index contributed by atoms with van der Waals surface area (Å²) < 4.78 is 2.32. The van der Waals surface area contributed by atoms with Crippen LogP contribution < -0.4 is 5.73 Å². The van der Waals surface area contributed by atoms with Crippen LogP contribution in [0.4, 0.5) is 0 Å². The van der Waals surface area contributed by atoms with Gasteiger partial charge in [0.15, 0.2) is 0 Å². The van der Waals surface area contributed by atoms with Crippen molar-refractivity contribution >= 4 is 11.0 Å². The van der Waals surface area contributed by atoms with E-state index in [1.807, 2.05) is 0 Å². The molecule has 1 saturated heterocycles. The van der Waals surface area contributed by atoms with Crippen molar-refractivity contribution < 1.29 is 0 Å². The molecule has 1 aliphatic rings. The van der Waals surface area contributed by atoms with E-state index in [0.717, 1.165) is 36.8 Å². The molecule has 4 nitrogen and oxygen atoms in total. The lowest BCUT2D eigenvalue weighted by atomic mass is 9.99. The van der Waals surface area contributed by atoms with Crippen molar-refractivity contribution in [3.63, 3.8) is 0 Å². The number of nitrogens with zero attached hydrogens (tertiary/aromatic N) is 3. The van der Waals surface area contributed by atoms with Crippen molar-refractivity contribution in [3.8, 4) is 11.4 Å². The van der Waals surface area contributed by atoms with E-state index in [0.29, 0.717) is 6.54 Å². The number of likely N-dealkylation sites (tertiary alicyclic amines) is 1. The number of aryl methyl sites for hydroxylation is 1. The third-order valence-corrected chi connectivity index (χ3v) is 5.57. The van der Waals surface area contributed by atoms with Crippen molar-refractivity contribution in [1.29, 1.82) is 0 Å². The third-order valence-electron chi connectivity index (χ3n) is 5.57. The van der Waals surface area contributed by atoms with Crippen LogP contribution in [0.3, 0.4) is 0 Å². The predicted octanol–water partition coefficient (Wildman–Crippen LogP) is 4.28. The van der Waals surface area contributed by atoms with E-state index in [1.165, 1.54) is 42.6 Å². The molecular weight excluding hydrogens is 332 g/mol. The van der Waals surface area contributed by atoms with Gasteiger partial charge in [-0.05, 0) is 62.0 Å². The number of para-hydroxylation sites is 2. The second kappa shape index (κ2) is 8.24. The van der Waals surface area contributed by atoms with Crippen molar-refractivity contribution in [1.82, 2.24) is 14.5 Å². The molecule has 0 radical (unpaired) electrons. The number of hydrogen-bond acceptors (Lipinski definition) is 3. The molecule has 1 aromatic heterocycles. The van der Waals surface area contributed by atoms with E-state index in [9.17, 15) is 0 Å². The number of fused-ring (bicyclic) bond motifs is 1. The second-order valence-electron chi connectivity index (χ2n) is 7.90. The lowest BCUT2D eigenvalue weighted by Crippen LogP contribution is -2.33. The van der Waals surface area contributed by atoms with E-state index >= 15 is 0 Å². The van der Waals surface area contributed by atoms with Crippen LogP contribution in [-0.2, 0) is 13.1 Å². The summed E-state index contributed by atoms with van der Waals surface area (Å²) in [5, 5.41) is 0. The first kappa shape index (κ1) is 18.2. The minimum atomic E-state index is 0.694. The average molecular weight is 363 g/mol. The van der Waals surface area contributed by atoms with Gasteiger partial charge < -0.3 is 10.3 Å². The first-order chi connectivity index (χ1) is 13.2. The van der Waals surface area contributed by atoms with Gasteiger partial charge >= 0.3 is 0 Å². The number of imidazole rings is 1. The Morgan fingerprint density at radius 2 is 2.04 bits per heavy atom. The van der Waals surface area contributed by atoms with Crippen LogP contribution in [0, 0.1) is 5.92 Å². The summed E-state index contributed by atoms with van der Waals surface area (Å²) in [7, 11) is 0. The normalized spacial score (nSPS) is 18.2. The maximum Gasteiger partial charge on any atom is 0.141 e. The van der Waals surface area contributed by atoms with Gasteiger partial charge in [-0.3, -0.25) is 4.90 Å². The fourth-order valence-corrected chi connectivity index (χ4v) is 4.27. The fraction of sp³-hybridized carbons (Fsp3) is 0.435. The van der Waals surface area contributed by atoms with Gasteiger partial charge in [-0.2, -0.15) is 0 Å². The summed E-state index contributed by atoms with van der Waals surface area (Å²) in [5.41, 5.74) is 10.6. The van der Waals surface area contributed by atoms with E-state index in [4.69, 9.17) is 10.7 Å². The van der Waals surface area contributed by atoms with Crippen LogP contribution in [0.1, 0.15) is 31.7 Å². The lowest BCUT2D eigenvalue weighted by molar-refractivity contribution is 0.176. The summed E-state index contributed by atoms with van der Waals surface area (Å²) >= 11 is 0. The molecule has 2 aromatic carbocycles. The molecule has 1 fully saturated rings. The number of rotatable bonds is 6. The number of benzene rings is 2. The van der Waals surface area contributed by atoms with Gasteiger partial charge in [-0.15, -0.1) is 0 Å².